The zero-order valence-corrected chi connectivity index (χ0v) is 9.04. The molecule has 0 aliphatic heterocycles. The third kappa shape index (κ3) is 2.26. The lowest BCUT2D eigenvalue weighted by atomic mass is 10.2. The molecule has 1 aromatic carbocycles. The second-order valence-corrected chi connectivity index (χ2v) is 5.21. The monoisotopic (exact) mass is 258 g/mol. The summed E-state index contributed by atoms with van der Waals surface area (Å²) in [5.41, 5.74) is -4.79. The zero-order valence-electron chi connectivity index (χ0n) is 7.47. The summed E-state index contributed by atoms with van der Waals surface area (Å²) in [6.45, 7) is 1.56. The second-order valence-electron chi connectivity index (χ2n) is 2.86. The van der Waals surface area contributed by atoms with Gasteiger partial charge in [0.15, 0.2) is 0 Å². The number of sulfone groups is 1. The number of hydrogen-bond donors (Lipinski definition) is 0. The first-order valence-electron chi connectivity index (χ1n) is 3.74. The predicted molar refractivity (Wildman–Crippen MR) is 49.4 cm³/mol. The fraction of sp³-hybridized carbons (Fsp3) is 0.250. The van der Waals surface area contributed by atoms with Crippen LogP contribution >= 0.6 is 11.6 Å². The lowest BCUT2D eigenvalue weighted by molar-refractivity contribution is -0.0436. The van der Waals surface area contributed by atoms with Crippen LogP contribution in [0.3, 0.4) is 0 Å². The average Bonchev–Trinajstić information content (AvgIpc) is 2.07. The average molecular weight is 259 g/mol. The summed E-state index contributed by atoms with van der Waals surface area (Å²) in [6.07, 6.45) is 0. The molecule has 0 fully saturated rings. The Morgan fingerprint density at radius 2 is 1.80 bits per heavy atom. The largest absolute Gasteiger partial charge is 0.501 e. The van der Waals surface area contributed by atoms with Crippen LogP contribution < -0.4 is 0 Å². The van der Waals surface area contributed by atoms with E-state index in [4.69, 9.17) is 11.6 Å². The van der Waals surface area contributed by atoms with Crippen molar-refractivity contribution in [3.8, 4) is 0 Å². The molecule has 2 nitrogen and oxygen atoms in total. The summed E-state index contributed by atoms with van der Waals surface area (Å²) in [5, 5.41) is -0.0136. The van der Waals surface area contributed by atoms with Crippen molar-refractivity contribution in [1.82, 2.24) is 0 Å². The van der Waals surface area contributed by atoms with E-state index >= 15 is 0 Å². The summed E-state index contributed by atoms with van der Waals surface area (Å²) in [6, 6.07) is 2.89. The quantitative estimate of drug-likeness (QED) is 0.776. The number of alkyl halides is 3. The lowest BCUT2D eigenvalue weighted by Crippen LogP contribution is -2.23. The summed E-state index contributed by atoms with van der Waals surface area (Å²) in [5.74, 6) is 0. The molecule has 84 valence electrons. The number of halogens is 4. The van der Waals surface area contributed by atoms with Crippen LogP contribution in [0.4, 0.5) is 13.2 Å². The van der Waals surface area contributed by atoms with Gasteiger partial charge in [0.2, 0.25) is 0 Å². The van der Waals surface area contributed by atoms with Crippen LogP contribution in [0.2, 0.25) is 5.02 Å². The maximum Gasteiger partial charge on any atom is 0.501 e. The van der Waals surface area contributed by atoms with Gasteiger partial charge in [0, 0.05) is 5.02 Å². The Bertz CT molecular complexity index is 479. The summed E-state index contributed by atoms with van der Waals surface area (Å²) < 4.78 is 58.2. The van der Waals surface area contributed by atoms with Gasteiger partial charge in [0.25, 0.3) is 9.84 Å². The van der Waals surface area contributed by atoms with Crippen LogP contribution in [0.5, 0.6) is 0 Å². The van der Waals surface area contributed by atoms with Gasteiger partial charge in [0.05, 0.1) is 4.90 Å². The van der Waals surface area contributed by atoms with Crippen LogP contribution in [0.15, 0.2) is 23.1 Å². The van der Waals surface area contributed by atoms with Gasteiger partial charge in [-0.3, -0.25) is 0 Å². The zero-order chi connectivity index (χ0) is 11.9. The van der Waals surface area contributed by atoms with Crippen molar-refractivity contribution in [3.63, 3.8) is 0 Å². The molecule has 0 amide bonds. The van der Waals surface area contributed by atoms with E-state index in [0.29, 0.717) is 5.56 Å². The number of rotatable bonds is 1. The molecule has 0 saturated heterocycles. The Kier molecular flexibility index (Phi) is 3.02. The Balaban J connectivity index is 3.36. The molecule has 0 spiro atoms. The molecule has 0 radical (unpaired) electrons. The van der Waals surface area contributed by atoms with Crippen molar-refractivity contribution in [1.29, 1.82) is 0 Å². The minimum atomic E-state index is -5.30. The minimum Gasteiger partial charge on any atom is -0.214 e. The molecule has 15 heavy (non-hydrogen) atoms. The van der Waals surface area contributed by atoms with Gasteiger partial charge in [-0.15, -0.1) is 0 Å². The summed E-state index contributed by atoms with van der Waals surface area (Å²) in [4.78, 5) is -0.842. The standard InChI is InChI=1S/C8H6ClF3O2S/c1-5-2-3-6(4-7(5)9)15(13,14)8(10,11)12/h2-4H,1H3. The van der Waals surface area contributed by atoms with E-state index in [0.717, 1.165) is 12.1 Å². The molecule has 0 unspecified atom stereocenters. The maximum atomic E-state index is 12.1. The van der Waals surface area contributed by atoms with Crippen LogP contribution in [0, 0.1) is 6.92 Å². The highest BCUT2D eigenvalue weighted by atomic mass is 35.5. The van der Waals surface area contributed by atoms with E-state index in [1.165, 1.54) is 6.07 Å². The Morgan fingerprint density at radius 1 is 1.27 bits per heavy atom. The van der Waals surface area contributed by atoms with Crippen LogP contribution in [0.25, 0.3) is 0 Å². The molecule has 0 atom stereocenters. The molecule has 0 saturated carbocycles. The predicted octanol–water partition coefficient (Wildman–Crippen LogP) is 2.94. The Hall–Kier alpha value is -0.750. The Labute approximate surface area is 89.6 Å². The van der Waals surface area contributed by atoms with Crippen LogP contribution in [0.1, 0.15) is 5.56 Å². The third-order valence-corrected chi connectivity index (χ3v) is 3.65. The highest BCUT2D eigenvalue weighted by molar-refractivity contribution is 7.92. The fourth-order valence-electron chi connectivity index (χ4n) is 0.874. The fourth-order valence-corrected chi connectivity index (χ4v) is 1.91. The molecule has 0 aliphatic carbocycles. The smallest absolute Gasteiger partial charge is 0.214 e. The van der Waals surface area contributed by atoms with Crippen LogP contribution in [-0.2, 0) is 9.84 Å². The van der Waals surface area contributed by atoms with Crippen molar-refractivity contribution >= 4 is 21.4 Å². The van der Waals surface area contributed by atoms with Gasteiger partial charge in [-0.2, -0.15) is 13.2 Å². The van der Waals surface area contributed by atoms with E-state index < -0.39 is 20.2 Å². The van der Waals surface area contributed by atoms with Crippen LogP contribution in [-0.4, -0.2) is 13.9 Å². The third-order valence-electron chi connectivity index (χ3n) is 1.76. The van der Waals surface area contributed by atoms with E-state index in [-0.39, 0.29) is 5.02 Å². The van der Waals surface area contributed by atoms with Gasteiger partial charge in [-0.05, 0) is 24.6 Å². The van der Waals surface area contributed by atoms with Gasteiger partial charge in [0.1, 0.15) is 0 Å². The molecular weight excluding hydrogens is 253 g/mol. The van der Waals surface area contributed by atoms with E-state index in [9.17, 15) is 21.6 Å². The van der Waals surface area contributed by atoms with Crippen molar-refractivity contribution in [3.05, 3.63) is 28.8 Å². The van der Waals surface area contributed by atoms with Crippen molar-refractivity contribution in [2.24, 2.45) is 0 Å². The first-order valence-corrected chi connectivity index (χ1v) is 5.60. The molecule has 1 aromatic rings. The molecule has 0 N–H and O–H groups in total. The highest BCUT2D eigenvalue weighted by Crippen LogP contribution is 2.31. The molecule has 1 rings (SSSR count). The van der Waals surface area contributed by atoms with E-state index in [2.05, 4.69) is 0 Å². The molecular formula is C8H6ClF3O2S. The summed E-state index contributed by atoms with van der Waals surface area (Å²) in [7, 11) is -5.30. The van der Waals surface area contributed by atoms with Crippen molar-refractivity contribution in [2.75, 3.05) is 0 Å². The van der Waals surface area contributed by atoms with Gasteiger partial charge in [-0.1, -0.05) is 17.7 Å². The van der Waals surface area contributed by atoms with E-state index in [1.807, 2.05) is 0 Å². The maximum absolute atomic E-state index is 12.1. The second kappa shape index (κ2) is 3.68. The summed E-state index contributed by atoms with van der Waals surface area (Å²) >= 11 is 5.54. The highest BCUT2D eigenvalue weighted by Gasteiger charge is 2.46. The normalized spacial score (nSPS) is 12.9. The first kappa shape index (κ1) is 12.3. The van der Waals surface area contributed by atoms with Crippen molar-refractivity contribution < 1.29 is 21.6 Å². The first-order chi connectivity index (χ1) is 6.66. The SMILES string of the molecule is Cc1ccc(S(=O)(=O)C(F)(F)F)cc1Cl. The van der Waals surface area contributed by atoms with E-state index in [1.54, 1.807) is 6.92 Å². The topological polar surface area (TPSA) is 34.1 Å². The van der Waals surface area contributed by atoms with Gasteiger partial charge >= 0.3 is 5.51 Å². The number of hydrogen-bond acceptors (Lipinski definition) is 2. The molecule has 0 aromatic heterocycles. The molecule has 7 heteroatoms. The lowest BCUT2D eigenvalue weighted by Gasteiger charge is -2.08. The minimum absolute atomic E-state index is 0.0136. The molecule has 0 bridgehead atoms. The molecule has 0 heterocycles. The van der Waals surface area contributed by atoms with Gasteiger partial charge in [-0.25, -0.2) is 8.42 Å². The number of aryl methyl sites for hydroxylation is 1. The van der Waals surface area contributed by atoms with Crippen molar-refractivity contribution in [2.45, 2.75) is 17.3 Å². The number of benzene rings is 1. The Morgan fingerprint density at radius 3 is 2.20 bits per heavy atom. The molecule has 0 aliphatic rings. The van der Waals surface area contributed by atoms with Gasteiger partial charge < -0.3 is 0 Å².